The topological polar surface area (TPSA) is 52.3 Å². The fraction of sp³-hybridized carbons (Fsp3) is 0.143. The van der Waals surface area contributed by atoms with E-state index >= 15 is 0 Å². The predicted octanol–water partition coefficient (Wildman–Crippen LogP) is 5.41. The lowest BCUT2D eigenvalue weighted by Gasteiger charge is -2.05. The van der Waals surface area contributed by atoms with Crippen LogP contribution in [-0.2, 0) is 0 Å². The van der Waals surface area contributed by atoms with Crippen molar-refractivity contribution >= 4 is 32.5 Å². The molecule has 0 spiro atoms. The van der Waals surface area contributed by atoms with Gasteiger partial charge in [0.15, 0.2) is 0 Å². The van der Waals surface area contributed by atoms with E-state index in [1.165, 1.54) is 16.9 Å². The lowest BCUT2D eigenvalue weighted by molar-refractivity contribution is 0.361. The molecule has 2 aromatic heterocycles. The van der Waals surface area contributed by atoms with E-state index in [4.69, 9.17) is 9.15 Å². The van der Waals surface area contributed by atoms with Gasteiger partial charge < -0.3 is 9.15 Å². The number of para-hydroxylation sites is 1. The SMILES string of the molecule is CC(C)=CCOc1ccc2cc(-c3nc4ccccc4s3)c(=O)oc2c1. The summed E-state index contributed by atoms with van der Waals surface area (Å²) in [4.78, 5) is 17.0. The fourth-order valence-electron chi connectivity index (χ4n) is 2.62. The molecule has 0 radical (unpaired) electrons. The number of hydrogen-bond donors (Lipinski definition) is 0. The van der Waals surface area contributed by atoms with Crippen molar-refractivity contribution in [3.8, 4) is 16.3 Å². The Morgan fingerprint density at radius 3 is 2.85 bits per heavy atom. The Balaban J connectivity index is 1.72. The number of nitrogens with zero attached hydrogens (tertiary/aromatic N) is 1. The summed E-state index contributed by atoms with van der Waals surface area (Å²) >= 11 is 1.49. The molecule has 0 fully saturated rings. The second kappa shape index (κ2) is 6.77. The molecule has 0 unspecified atom stereocenters. The molecular weight excluding hydrogens is 346 g/mol. The van der Waals surface area contributed by atoms with Crippen molar-refractivity contribution in [2.45, 2.75) is 13.8 Å². The average Bonchev–Trinajstić information content (AvgIpc) is 3.04. The van der Waals surface area contributed by atoms with Crippen molar-refractivity contribution in [1.29, 1.82) is 0 Å². The van der Waals surface area contributed by atoms with E-state index in [2.05, 4.69) is 4.98 Å². The number of hydrogen-bond acceptors (Lipinski definition) is 5. The Bertz CT molecular complexity index is 1150. The molecule has 5 heteroatoms. The Morgan fingerprint density at radius 1 is 1.19 bits per heavy atom. The van der Waals surface area contributed by atoms with Gasteiger partial charge in [0.05, 0.1) is 15.8 Å². The van der Waals surface area contributed by atoms with Gasteiger partial charge in [-0.15, -0.1) is 11.3 Å². The van der Waals surface area contributed by atoms with Crippen LogP contribution in [0.25, 0.3) is 31.8 Å². The van der Waals surface area contributed by atoms with E-state index < -0.39 is 5.63 Å². The Hall–Kier alpha value is -2.92. The standard InChI is InChI=1S/C21H17NO3S/c1-13(2)9-10-24-15-8-7-14-11-16(21(23)25-18(14)12-15)20-22-17-5-3-4-6-19(17)26-20/h3-9,11-12H,10H2,1-2H3. The Kier molecular flexibility index (Phi) is 4.31. The molecule has 0 aliphatic carbocycles. The van der Waals surface area contributed by atoms with Crippen LogP contribution in [-0.4, -0.2) is 11.6 Å². The number of ether oxygens (including phenoxy) is 1. The molecule has 0 bridgehead atoms. The second-order valence-electron chi connectivity index (χ2n) is 6.23. The maximum Gasteiger partial charge on any atom is 0.346 e. The number of fused-ring (bicyclic) bond motifs is 2. The van der Waals surface area contributed by atoms with Crippen molar-refractivity contribution in [3.05, 3.63) is 70.6 Å². The number of allylic oxidation sites excluding steroid dienone is 1. The highest BCUT2D eigenvalue weighted by Gasteiger charge is 2.13. The Morgan fingerprint density at radius 2 is 2.04 bits per heavy atom. The molecule has 0 amide bonds. The zero-order valence-corrected chi connectivity index (χ0v) is 15.3. The smallest absolute Gasteiger partial charge is 0.346 e. The van der Waals surface area contributed by atoms with Crippen LogP contribution in [0, 0.1) is 0 Å². The molecule has 26 heavy (non-hydrogen) atoms. The van der Waals surface area contributed by atoms with E-state index in [0.717, 1.165) is 15.6 Å². The minimum atomic E-state index is -0.391. The first-order valence-electron chi connectivity index (χ1n) is 8.30. The van der Waals surface area contributed by atoms with Crippen molar-refractivity contribution in [2.24, 2.45) is 0 Å². The molecule has 0 atom stereocenters. The molecule has 0 saturated heterocycles. The molecule has 4 rings (SSSR count). The third-order valence-corrected chi connectivity index (χ3v) is 5.04. The normalized spacial score (nSPS) is 11.0. The van der Waals surface area contributed by atoms with Gasteiger partial charge in [-0.3, -0.25) is 0 Å². The van der Waals surface area contributed by atoms with Gasteiger partial charge in [0.2, 0.25) is 0 Å². The number of thiazole rings is 1. The number of aromatic nitrogens is 1. The predicted molar refractivity (Wildman–Crippen MR) is 106 cm³/mol. The molecular formula is C21H17NO3S. The van der Waals surface area contributed by atoms with Gasteiger partial charge in [0.1, 0.15) is 22.9 Å². The highest BCUT2D eigenvalue weighted by atomic mass is 32.1. The minimum Gasteiger partial charge on any atom is -0.489 e. The maximum atomic E-state index is 12.5. The van der Waals surface area contributed by atoms with Crippen LogP contribution in [0.5, 0.6) is 5.75 Å². The highest BCUT2D eigenvalue weighted by molar-refractivity contribution is 7.21. The van der Waals surface area contributed by atoms with Crippen LogP contribution in [0.15, 0.2) is 69.4 Å². The molecule has 130 valence electrons. The van der Waals surface area contributed by atoms with Crippen LogP contribution in [0.1, 0.15) is 13.8 Å². The summed E-state index contributed by atoms with van der Waals surface area (Å²) in [6, 6.07) is 15.2. The van der Waals surface area contributed by atoms with Gasteiger partial charge in [-0.1, -0.05) is 17.7 Å². The molecule has 2 heterocycles. The molecule has 0 aliphatic heterocycles. The maximum absolute atomic E-state index is 12.5. The van der Waals surface area contributed by atoms with Gasteiger partial charge >= 0.3 is 5.63 Å². The van der Waals surface area contributed by atoms with Gasteiger partial charge in [-0.2, -0.15) is 0 Å². The average molecular weight is 363 g/mol. The van der Waals surface area contributed by atoms with Crippen molar-refractivity contribution in [1.82, 2.24) is 4.98 Å². The first kappa shape index (κ1) is 16.5. The number of benzene rings is 2. The summed E-state index contributed by atoms with van der Waals surface area (Å²) in [5.74, 6) is 0.672. The van der Waals surface area contributed by atoms with Crippen molar-refractivity contribution in [2.75, 3.05) is 6.61 Å². The molecule has 2 aromatic carbocycles. The van der Waals surface area contributed by atoms with Gasteiger partial charge in [0, 0.05) is 11.5 Å². The summed E-state index contributed by atoms with van der Waals surface area (Å²) in [5.41, 5.74) is 2.68. The monoisotopic (exact) mass is 363 g/mol. The Labute approximate surface area is 154 Å². The van der Waals surface area contributed by atoms with E-state index in [9.17, 15) is 4.79 Å². The van der Waals surface area contributed by atoms with Crippen molar-refractivity contribution in [3.63, 3.8) is 0 Å². The molecule has 0 aliphatic rings. The highest BCUT2D eigenvalue weighted by Crippen LogP contribution is 2.30. The second-order valence-corrected chi connectivity index (χ2v) is 7.26. The van der Waals surface area contributed by atoms with E-state index in [0.29, 0.717) is 28.5 Å². The zero-order chi connectivity index (χ0) is 18.1. The molecule has 4 nitrogen and oxygen atoms in total. The van der Waals surface area contributed by atoms with Gasteiger partial charge in [-0.25, -0.2) is 9.78 Å². The molecule has 0 saturated carbocycles. The summed E-state index contributed by atoms with van der Waals surface area (Å²) in [6.07, 6.45) is 2.00. The van der Waals surface area contributed by atoms with Crippen LogP contribution in [0.4, 0.5) is 0 Å². The first-order valence-corrected chi connectivity index (χ1v) is 9.12. The van der Waals surface area contributed by atoms with Gasteiger partial charge in [-0.05, 0) is 50.3 Å². The molecule has 4 aromatic rings. The summed E-state index contributed by atoms with van der Waals surface area (Å²) in [7, 11) is 0. The van der Waals surface area contributed by atoms with Gasteiger partial charge in [0.25, 0.3) is 0 Å². The van der Waals surface area contributed by atoms with Crippen LogP contribution in [0.3, 0.4) is 0 Å². The van der Waals surface area contributed by atoms with Crippen molar-refractivity contribution < 1.29 is 9.15 Å². The number of rotatable bonds is 4. The van der Waals surface area contributed by atoms with E-state index in [-0.39, 0.29) is 0 Å². The zero-order valence-electron chi connectivity index (χ0n) is 14.5. The summed E-state index contributed by atoms with van der Waals surface area (Å²) in [6.45, 7) is 4.53. The largest absolute Gasteiger partial charge is 0.489 e. The summed E-state index contributed by atoms with van der Waals surface area (Å²) < 4.78 is 12.2. The summed E-state index contributed by atoms with van der Waals surface area (Å²) in [5, 5.41) is 1.51. The fourth-order valence-corrected chi connectivity index (χ4v) is 3.59. The first-order chi connectivity index (χ1) is 12.6. The van der Waals surface area contributed by atoms with Crippen LogP contribution < -0.4 is 10.4 Å². The van der Waals surface area contributed by atoms with E-state index in [1.807, 2.05) is 62.4 Å². The lowest BCUT2D eigenvalue weighted by Crippen LogP contribution is -2.02. The lowest BCUT2D eigenvalue weighted by atomic mass is 10.2. The quantitative estimate of drug-likeness (QED) is 0.359. The van der Waals surface area contributed by atoms with Crippen LogP contribution >= 0.6 is 11.3 Å². The molecule has 0 N–H and O–H groups in total. The van der Waals surface area contributed by atoms with E-state index in [1.54, 1.807) is 6.07 Å². The third-order valence-electron chi connectivity index (χ3n) is 3.97. The minimum absolute atomic E-state index is 0.391. The van der Waals surface area contributed by atoms with Crippen LogP contribution in [0.2, 0.25) is 0 Å². The third kappa shape index (κ3) is 3.26.